The first-order chi connectivity index (χ1) is 8.04. The molecule has 1 unspecified atom stereocenters. The van der Waals surface area contributed by atoms with E-state index in [9.17, 15) is 0 Å². The number of aromatic nitrogens is 2. The Balaban J connectivity index is 2.82. The smallest absolute Gasteiger partial charge is 0.0656 e. The molecule has 0 aliphatic rings. The summed E-state index contributed by atoms with van der Waals surface area (Å²) in [6, 6.07) is 2.06. The van der Waals surface area contributed by atoms with Gasteiger partial charge in [-0.05, 0) is 32.8 Å². The van der Waals surface area contributed by atoms with E-state index < -0.39 is 0 Å². The summed E-state index contributed by atoms with van der Waals surface area (Å²) in [5, 5.41) is 4.31. The maximum Gasteiger partial charge on any atom is 0.0656 e. The van der Waals surface area contributed by atoms with Crippen molar-refractivity contribution in [1.29, 1.82) is 0 Å². The van der Waals surface area contributed by atoms with Crippen molar-refractivity contribution >= 4 is 0 Å². The molecule has 5 heteroatoms. The zero-order valence-corrected chi connectivity index (χ0v) is 11.2. The first kappa shape index (κ1) is 14.2. The highest BCUT2D eigenvalue weighted by molar-refractivity contribution is 5.08. The number of hydrogen-bond acceptors (Lipinski definition) is 4. The average Bonchev–Trinajstić information content (AvgIpc) is 2.75. The van der Waals surface area contributed by atoms with Crippen molar-refractivity contribution < 1.29 is 4.74 Å². The summed E-state index contributed by atoms with van der Waals surface area (Å²) in [6.07, 6.45) is 3.67. The number of hydrazine groups is 1. The first-order valence-corrected chi connectivity index (χ1v) is 6.07. The molecule has 0 radical (unpaired) electrons. The summed E-state index contributed by atoms with van der Waals surface area (Å²) >= 11 is 0. The van der Waals surface area contributed by atoms with Gasteiger partial charge in [0.2, 0.25) is 0 Å². The van der Waals surface area contributed by atoms with E-state index in [1.807, 2.05) is 16.9 Å². The van der Waals surface area contributed by atoms with Crippen LogP contribution in [-0.2, 0) is 11.3 Å². The van der Waals surface area contributed by atoms with Crippen LogP contribution in [0.2, 0.25) is 0 Å². The molecule has 0 saturated heterocycles. The molecule has 0 aromatic carbocycles. The molecule has 1 atom stereocenters. The van der Waals surface area contributed by atoms with Crippen molar-refractivity contribution in [3.63, 3.8) is 0 Å². The molecule has 0 amide bonds. The molecule has 98 valence electrons. The van der Waals surface area contributed by atoms with Gasteiger partial charge in [-0.2, -0.15) is 5.10 Å². The molecule has 17 heavy (non-hydrogen) atoms. The highest BCUT2D eigenvalue weighted by Gasteiger charge is 2.25. The van der Waals surface area contributed by atoms with Crippen LogP contribution in [0.1, 0.15) is 45.3 Å². The monoisotopic (exact) mass is 240 g/mol. The number of ether oxygens (including phenoxy) is 1. The van der Waals surface area contributed by atoms with Crippen LogP contribution in [0.4, 0.5) is 0 Å². The van der Waals surface area contributed by atoms with E-state index in [0.717, 1.165) is 25.1 Å². The minimum Gasteiger partial charge on any atom is -0.379 e. The molecule has 1 rings (SSSR count). The molecule has 0 spiro atoms. The van der Waals surface area contributed by atoms with Crippen LogP contribution in [0.15, 0.2) is 12.3 Å². The van der Waals surface area contributed by atoms with E-state index in [1.54, 1.807) is 7.11 Å². The summed E-state index contributed by atoms with van der Waals surface area (Å²) in [5.41, 5.74) is 3.75. The molecule has 5 nitrogen and oxygen atoms in total. The van der Waals surface area contributed by atoms with Gasteiger partial charge in [-0.1, -0.05) is 6.92 Å². The molecule has 0 fully saturated rings. The number of methoxy groups -OCH3 is 1. The minimum absolute atomic E-state index is 0.0546. The Bertz CT molecular complexity index is 335. The van der Waals surface area contributed by atoms with E-state index in [4.69, 9.17) is 10.6 Å². The van der Waals surface area contributed by atoms with Crippen molar-refractivity contribution in [2.45, 2.75) is 51.8 Å². The summed E-state index contributed by atoms with van der Waals surface area (Å²) in [6.45, 7) is 7.15. The molecule has 1 aromatic rings. The Morgan fingerprint density at radius 3 is 2.82 bits per heavy atom. The van der Waals surface area contributed by atoms with Crippen molar-refractivity contribution in [1.82, 2.24) is 15.2 Å². The van der Waals surface area contributed by atoms with Crippen molar-refractivity contribution in [2.75, 3.05) is 7.11 Å². The third-order valence-electron chi connectivity index (χ3n) is 2.99. The van der Waals surface area contributed by atoms with Gasteiger partial charge in [0.1, 0.15) is 0 Å². The second kappa shape index (κ2) is 6.14. The zero-order valence-electron chi connectivity index (χ0n) is 11.2. The van der Waals surface area contributed by atoms with Gasteiger partial charge < -0.3 is 4.74 Å². The van der Waals surface area contributed by atoms with Gasteiger partial charge in [0.25, 0.3) is 0 Å². The molecular formula is C12H24N4O. The SMILES string of the molecule is CCCn1nccc1C(CC(C)(C)OC)NN. The van der Waals surface area contributed by atoms with E-state index in [0.29, 0.717) is 0 Å². The normalized spacial score (nSPS) is 13.9. The number of aryl methyl sites for hydroxylation is 1. The first-order valence-electron chi connectivity index (χ1n) is 6.07. The largest absolute Gasteiger partial charge is 0.379 e. The summed E-state index contributed by atoms with van der Waals surface area (Å²) in [5.74, 6) is 5.64. The van der Waals surface area contributed by atoms with Crippen LogP contribution >= 0.6 is 0 Å². The van der Waals surface area contributed by atoms with Gasteiger partial charge in [0, 0.05) is 19.9 Å². The molecule has 1 aromatic heterocycles. The maximum absolute atomic E-state index is 5.64. The lowest BCUT2D eigenvalue weighted by molar-refractivity contribution is 0.00608. The average molecular weight is 240 g/mol. The number of rotatable bonds is 7. The van der Waals surface area contributed by atoms with Gasteiger partial charge >= 0.3 is 0 Å². The lowest BCUT2D eigenvalue weighted by Gasteiger charge is -2.28. The molecule has 0 saturated carbocycles. The zero-order chi connectivity index (χ0) is 12.9. The van der Waals surface area contributed by atoms with E-state index in [-0.39, 0.29) is 11.6 Å². The molecule has 3 N–H and O–H groups in total. The van der Waals surface area contributed by atoms with Gasteiger partial charge in [-0.15, -0.1) is 0 Å². The fourth-order valence-corrected chi connectivity index (χ4v) is 1.86. The summed E-state index contributed by atoms with van der Waals surface area (Å²) in [7, 11) is 1.72. The Morgan fingerprint density at radius 2 is 2.29 bits per heavy atom. The number of hydrogen-bond donors (Lipinski definition) is 2. The molecule has 0 bridgehead atoms. The second-order valence-electron chi connectivity index (χ2n) is 4.87. The third kappa shape index (κ3) is 3.80. The predicted octanol–water partition coefficient (Wildman–Crippen LogP) is 1.61. The third-order valence-corrected chi connectivity index (χ3v) is 2.99. The number of nitrogens with one attached hydrogen (secondary N) is 1. The maximum atomic E-state index is 5.64. The minimum atomic E-state index is -0.210. The van der Waals surface area contributed by atoms with Crippen molar-refractivity contribution in [2.24, 2.45) is 5.84 Å². The van der Waals surface area contributed by atoms with E-state index in [1.165, 1.54) is 0 Å². The van der Waals surface area contributed by atoms with Gasteiger partial charge in [-0.25, -0.2) is 0 Å². The standard InChI is InChI=1S/C12H24N4O/c1-5-8-16-11(6-7-14-16)10(15-13)9-12(2,3)17-4/h6-7,10,15H,5,8-9,13H2,1-4H3. The van der Waals surface area contributed by atoms with Crippen molar-refractivity contribution in [3.8, 4) is 0 Å². The second-order valence-corrected chi connectivity index (χ2v) is 4.87. The fourth-order valence-electron chi connectivity index (χ4n) is 1.86. The number of nitrogens with zero attached hydrogens (tertiary/aromatic N) is 2. The Hall–Kier alpha value is -0.910. The van der Waals surface area contributed by atoms with Crippen LogP contribution in [-0.4, -0.2) is 22.5 Å². The highest BCUT2D eigenvalue weighted by atomic mass is 16.5. The molecule has 0 aliphatic carbocycles. The molecule has 0 aliphatic heterocycles. The summed E-state index contributed by atoms with van der Waals surface area (Å²) < 4.78 is 7.44. The quantitative estimate of drug-likeness (QED) is 0.561. The highest BCUT2D eigenvalue weighted by Crippen LogP contribution is 2.25. The van der Waals surface area contributed by atoms with Gasteiger partial charge in [0.15, 0.2) is 0 Å². The van der Waals surface area contributed by atoms with Gasteiger partial charge in [0.05, 0.1) is 17.3 Å². The fraction of sp³-hybridized carbons (Fsp3) is 0.750. The van der Waals surface area contributed by atoms with Crippen molar-refractivity contribution in [3.05, 3.63) is 18.0 Å². The van der Waals surface area contributed by atoms with Crippen LogP contribution < -0.4 is 11.3 Å². The topological polar surface area (TPSA) is 65.1 Å². The Labute approximate surface area is 103 Å². The lowest BCUT2D eigenvalue weighted by Crippen LogP contribution is -2.36. The molecule has 1 heterocycles. The summed E-state index contributed by atoms with van der Waals surface area (Å²) in [4.78, 5) is 0. The lowest BCUT2D eigenvalue weighted by atomic mass is 9.97. The van der Waals surface area contributed by atoms with Crippen LogP contribution in [0, 0.1) is 0 Å². The van der Waals surface area contributed by atoms with Crippen LogP contribution in [0.5, 0.6) is 0 Å². The molecular weight excluding hydrogens is 216 g/mol. The predicted molar refractivity (Wildman–Crippen MR) is 68.3 cm³/mol. The van der Waals surface area contributed by atoms with Gasteiger partial charge in [-0.3, -0.25) is 16.0 Å². The van der Waals surface area contributed by atoms with Crippen LogP contribution in [0.3, 0.4) is 0 Å². The van der Waals surface area contributed by atoms with Crippen LogP contribution in [0.25, 0.3) is 0 Å². The number of nitrogens with two attached hydrogens (primary N) is 1. The van der Waals surface area contributed by atoms with E-state index in [2.05, 4.69) is 31.3 Å². The Kier molecular flexibility index (Phi) is 5.11. The Morgan fingerprint density at radius 1 is 1.59 bits per heavy atom. The van der Waals surface area contributed by atoms with E-state index >= 15 is 0 Å².